The average Bonchev–Trinajstić information content (AvgIpc) is 2.50. The van der Waals surface area contributed by atoms with Crippen LogP contribution in [0, 0.1) is 0 Å². The fourth-order valence-electron chi connectivity index (χ4n) is 2.24. The normalized spacial score (nSPS) is 12.2. The van der Waals surface area contributed by atoms with E-state index in [-0.39, 0.29) is 6.04 Å². The number of ether oxygens (including phenoxy) is 3. The van der Waals surface area contributed by atoms with Crippen LogP contribution >= 0.6 is 0 Å². The zero-order valence-electron chi connectivity index (χ0n) is 13.1. The van der Waals surface area contributed by atoms with Gasteiger partial charge >= 0.3 is 0 Å². The van der Waals surface area contributed by atoms with Gasteiger partial charge in [-0.05, 0) is 38.4 Å². The molecule has 0 aliphatic heterocycles. The van der Waals surface area contributed by atoms with Gasteiger partial charge in [-0.25, -0.2) is 0 Å². The largest absolute Gasteiger partial charge is 0.496 e. The van der Waals surface area contributed by atoms with Gasteiger partial charge in [-0.3, -0.25) is 0 Å². The van der Waals surface area contributed by atoms with Crippen molar-refractivity contribution in [3.63, 3.8) is 0 Å². The Balaban J connectivity index is 2.97. The molecule has 0 amide bonds. The minimum Gasteiger partial charge on any atom is -0.496 e. The molecule has 0 aliphatic carbocycles. The Morgan fingerprint density at radius 1 is 1.10 bits per heavy atom. The second-order valence-corrected chi connectivity index (χ2v) is 4.57. The number of benzene rings is 1. The van der Waals surface area contributed by atoms with Crippen LogP contribution in [0.3, 0.4) is 0 Å². The van der Waals surface area contributed by atoms with E-state index in [9.17, 15) is 0 Å². The summed E-state index contributed by atoms with van der Waals surface area (Å²) in [6, 6.07) is 6.06. The van der Waals surface area contributed by atoms with Crippen molar-refractivity contribution >= 4 is 0 Å². The van der Waals surface area contributed by atoms with Gasteiger partial charge < -0.3 is 19.5 Å². The summed E-state index contributed by atoms with van der Waals surface area (Å²) in [6.07, 6.45) is 1.98. The lowest BCUT2D eigenvalue weighted by molar-refractivity contribution is 0.135. The highest BCUT2D eigenvalue weighted by atomic mass is 16.5. The van der Waals surface area contributed by atoms with E-state index in [1.54, 1.807) is 14.2 Å². The summed E-state index contributed by atoms with van der Waals surface area (Å²) in [5.41, 5.74) is 1.07. The van der Waals surface area contributed by atoms with Crippen molar-refractivity contribution in [3.8, 4) is 11.5 Å². The SMILES string of the molecule is CCCNC(CCOCC)c1c(OC)cccc1OC. The third-order valence-corrected chi connectivity index (χ3v) is 3.21. The standard InChI is InChI=1S/C16H27NO3/c1-5-11-17-13(10-12-20-6-2)16-14(18-3)8-7-9-15(16)19-4/h7-9,13,17H,5-6,10-12H2,1-4H3. The predicted octanol–water partition coefficient (Wildman–Crippen LogP) is 3.17. The van der Waals surface area contributed by atoms with Gasteiger partial charge in [0.05, 0.1) is 19.8 Å². The molecule has 0 spiro atoms. The summed E-state index contributed by atoms with van der Waals surface area (Å²) in [5.74, 6) is 1.71. The Morgan fingerprint density at radius 2 is 1.75 bits per heavy atom. The molecule has 0 radical (unpaired) electrons. The van der Waals surface area contributed by atoms with Crippen molar-refractivity contribution in [2.75, 3.05) is 34.0 Å². The van der Waals surface area contributed by atoms with Gasteiger partial charge in [-0.2, -0.15) is 0 Å². The highest BCUT2D eigenvalue weighted by Crippen LogP contribution is 2.35. The van der Waals surface area contributed by atoms with Crippen LogP contribution in [0.2, 0.25) is 0 Å². The smallest absolute Gasteiger partial charge is 0.127 e. The first-order valence-corrected chi connectivity index (χ1v) is 7.30. The number of hydrogen-bond donors (Lipinski definition) is 1. The van der Waals surface area contributed by atoms with Crippen molar-refractivity contribution in [2.45, 2.75) is 32.7 Å². The maximum absolute atomic E-state index is 5.49. The first-order chi connectivity index (χ1) is 9.78. The van der Waals surface area contributed by atoms with Gasteiger partial charge in [-0.15, -0.1) is 0 Å². The average molecular weight is 281 g/mol. The van der Waals surface area contributed by atoms with Crippen LogP contribution in [-0.2, 0) is 4.74 Å². The molecule has 0 aromatic heterocycles. The first-order valence-electron chi connectivity index (χ1n) is 7.30. The van der Waals surface area contributed by atoms with E-state index in [1.165, 1.54) is 0 Å². The highest BCUT2D eigenvalue weighted by Gasteiger charge is 2.20. The van der Waals surface area contributed by atoms with Crippen molar-refractivity contribution in [3.05, 3.63) is 23.8 Å². The van der Waals surface area contributed by atoms with Crippen LogP contribution in [0.25, 0.3) is 0 Å². The van der Waals surface area contributed by atoms with E-state index >= 15 is 0 Å². The molecule has 4 heteroatoms. The maximum Gasteiger partial charge on any atom is 0.127 e. The summed E-state index contributed by atoms with van der Waals surface area (Å²) < 4.78 is 16.5. The second kappa shape index (κ2) is 9.61. The molecule has 1 aromatic carbocycles. The van der Waals surface area contributed by atoms with Crippen molar-refractivity contribution in [2.24, 2.45) is 0 Å². The van der Waals surface area contributed by atoms with Crippen molar-refractivity contribution in [1.29, 1.82) is 0 Å². The fourth-order valence-corrected chi connectivity index (χ4v) is 2.24. The van der Waals surface area contributed by atoms with Crippen LogP contribution < -0.4 is 14.8 Å². The molecular formula is C16H27NO3. The second-order valence-electron chi connectivity index (χ2n) is 4.57. The van der Waals surface area contributed by atoms with E-state index < -0.39 is 0 Å². The monoisotopic (exact) mass is 281 g/mol. The molecule has 4 nitrogen and oxygen atoms in total. The first kappa shape index (κ1) is 16.8. The lowest BCUT2D eigenvalue weighted by atomic mass is 10.0. The van der Waals surface area contributed by atoms with Crippen LogP contribution in [-0.4, -0.2) is 34.0 Å². The molecule has 0 heterocycles. The molecule has 0 aliphatic rings. The Labute approximate surface area is 122 Å². The van der Waals surface area contributed by atoms with Crippen LogP contribution in [0.5, 0.6) is 11.5 Å². The predicted molar refractivity (Wildman–Crippen MR) is 81.7 cm³/mol. The molecule has 0 fully saturated rings. The molecular weight excluding hydrogens is 254 g/mol. The summed E-state index contributed by atoms with van der Waals surface area (Å²) in [4.78, 5) is 0. The Hall–Kier alpha value is -1.26. The van der Waals surface area contributed by atoms with E-state index in [4.69, 9.17) is 14.2 Å². The molecule has 1 unspecified atom stereocenters. The Bertz CT molecular complexity index is 360. The van der Waals surface area contributed by atoms with Gasteiger partial charge in [0.25, 0.3) is 0 Å². The molecule has 0 saturated carbocycles. The van der Waals surface area contributed by atoms with Crippen LogP contribution in [0.4, 0.5) is 0 Å². The number of nitrogens with one attached hydrogen (secondary N) is 1. The molecule has 20 heavy (non-hydrogen) atoms. The van der Waals surface area contributed by atoms with Gasteiger partial charge in [0, 0.05) is 19.3 Å². The third kappa shape index (κ3) is 4.69. The number of hydrogen-bond acceptors (Lipinski definition) is 4. The van der Waals surface area contributed by atoms with E-state index in [0.29, 0.717) is 0 Å². The lowest BCUT2D eigenvalue weighted by Gasteiger charge is -2.23. The molecule has 1 N–H and O–H groups in total. The van der Waals surface area contributed by atoms with Gasteiger partial charge in [0.2, 0.25) is 0 Å². The fraction of sp³-hybridized carbons (Fsp3) is 0.625. The Kier molecular flexibility index (Phi) is 8.07. The quantitative estimate of drug-likeness (QED) is 0.669. The Morgan fingerprint density at radius 3 is 2.25 bits per heavy atom. The topological polar surface area (TPSA) is 39.7 Å². The van der Waals surface area contributed by atoms with Gasteiger partial charge in [0.1, 0.15) is 11.5 Å². The molecule has 1 atom stereocenters. The van der Waals surface area contributed by atoms with Crippen molar-refractivity contribution in [1.82, 2.24) is 5.32 Å². The minimum absolute atomic E-state index is 0.174. The zero-order chi connectivity index (χ0) is 14.8. The summed E-state index contributed by atoms with van der Waals surface area (Å²) in [7, 11) is 3.38. The van der Waals surface area contributed by atoms with Crippen LogP contribution in [0.15, 0.2) is 18.2 Å². The molecule has 1 rings (SSSR count). The maximum atomic E-state index is 5.49. The van der Waals surface area contributed by atoms with Crippen molar-refractivity contribution < 1.29 is 14.2 Å². The summed E-state index contributed by atoms with van der Waals surface area (Å²) in [6.45, 7) is 6.59. The third-order valence-electron chi connectivity index (χ3n) is 3.21. The van der Waals surface area contributed by atoms with E-state index in [0.717, 1.165) is 49.7 Å². The minimum atomic E-state index is 0.174. The number of methoxy groups -OCH3 is 2. The summed E-state index contributed by atoms with van der Waals surface area (Å²) >= 11 is 0. The summed E-state index contributed by atoms with van der Waals surface area (Å²) in [5, 5.41) is 3.55. The van der Waals surface area contributed by atoms with E-state index in [2.05, 4.69) is 12.2 Å². The van der Waals surface area contributed by atoms with Gasteiger partial charge in [-0.1, -0.05) is 13.0 Å². The molecule has 0 saturated heterocycles. The van der Waals surface area contributed by atoms with Crippen LogP contribution in [0.1, 0.15) is 38.3 Å². The highest BCUT2D eigenvalue weighted by molar-refractivity contribution is 5.47. The number of rotatable bonds is 10. The zero-order valence-corrected chi connectivity index (χ0v) is 13.1. The molecule has 114 valence electrons. The lowest BCUT2D eigenvalue weighted by Crippen LogP contribution is -2.24. The van der Waals surface area contributed by atoms with Gasteiger partial charge in [0.15, 0.2) is 0 Å². The van der Waals surface area contributed by atoms with E-state index in [1.807, 2.05) is 25.1 Å². The molecule has 1 aromatic rings. The molecule has 0 bridgehead atoms.